The molecule has 8 nitrogen and oxygen atoms in total. The van der Waals surface area contributed by atoms with Crippen LogP contribution in [0.4, 0.5) is 5.82 Å². The van der Waals surface area contributed by atoms with E-state index in [1.54, 1.807) is 10.9 Å². The van der Waals surface area contributed by atoms with Gasteiger partial charge < -0.3 is 15.1 Å². The second kappa shape index (κ2) is 7.64. The summed E-state index contributed by atoms with van der Waals surface area (Å²) in [5.74, 6) is 0.837. The zero-order chi connectivity index (χ0) is 19.7. The summed E-state index contributed by atoms with van der Waals surface area (Å²) in [7, 11) is 6.09. The van der Waals surface area contributed by atoms with E-state index in [-0.39, 0.29) is 11.7 Å². The lowest BCUT2D eigenvalue weighted by molar-refractivity contribution is 0.0940. The van der Waals surface area contributed by atoms with Gasteiger partial charge in [0, 0.05) is 55.2 Å². The highest BCUT2D eigenvalue weighted by Gasteiger charge is 2.27. The van der Waals surface area contributed by atoms with E-state index < -0.39 is 0 Å². The number of carbonyl (C=O) groups is 1. The fourth-order valence-corrected chi connectivity index (χ4v) is 3.35. The summed E-state index contributed by atoms with van der Waals surface area (Å²) < 4.78 is 1.79. The summed E-state index contributed by atoms with van der Waals surface area (Å²) in [6.45, 7) is 8.21. The number of aryl methyl sites for hydroxylation is 2. The van der Waals surface area contributed by atoms with Gasteiger partial charge in [0.25, 0.3) is 5.91 Å². The maximum Gasteiger partial charge on any atom is 0.289 e. The van der Waals surface area contributed by atoms with Crippen molar-refractivity contribution in [3.05, 3.63) is 34.5 Å². The third kappa shape index (κ3) is 3.95. The molecule has 0 aromatic carbocycles. The molecule has 0 unspecified atom stereocenters. The highest BCUT2D eigenvalue weighted by atomic mass is 16.2. The van der Waals surface area contributed by atoms with Crippen molar-refractivity contribution in [2.75, 3.05) is 32.1 Å². The molecule has 2 aromatic heterocycles. The van der Waals surface area contributed by atoms with Crippen molar-refractivity contribution < 1.29 is 4.79 Å². The van der Waals surface area contributed by atoms with Crippen molar-refractivity contribution in [2.24, 2.45) is 7.05 Å². The van der Waals surface area contributed by atoms with Crippen molar-refractivity contribution in [1.82, 2.24) is 30.0 Å². The van der Waals surface area contributed by atoms with Crippen LogP contribution in [0.2, 0.25) is 0 Å². The molecular formula is C19H29N7O. The molecule has 27 heavy (non-hydrogen) atoms. The predicted octanol–water partition coefficient (Wildman–Crippen LogP) is 1.21. The molecule has 1 aliphatic heterocycles. The lowest BCUT2D eigenvalue weighted by Gasteiger charge is -2.23. The van der Waals surface area contributed by atoms with E-state index in [9.17, 15) is 4.79 Å². The molecule has 0 aliphatic carbocycles. The molecule has 0 radical (unpaired) electrons. The number of nitrogens with one attached hydrogen (secondary N) is 1. The van der Waals surface area contributed by atoms with E-state index in [0.717, 1.165) is 47.8 Å². The molecule has 1 atom stereocenters. The van der Waals surface area contributed by atoms with Crippen molar-refractivity contribution in [3.8, 4) is 0 Å². The Morgan fingerprint density at radius 1 is 1.30 bits per heavy atom. The second-order valence-electron chi connectivity index (χ2n) is 7.49. The first kappa shape index (κ1) is 19.3. The smallest absolute Gasteiger partial charge is 0.289 e. The van der Waals surface area contributed by atoms with Crippen LogP contribution < -0.4 is 10.2 Å². The monoisotopic (exact) mass is 371 g/mol. The summed E-state index contributed by atoms with van der Waals surface area (Å²) in [6.07, 6.45) is 2.87. The standard InChI is InChI=1S/C19H29N7O/c1-12-13(2)22-17(19(27)20-9-15-10-21-25(6)14(15)3)23-18(12)26-8-7-16(11-26)24(4)5/h10,16H,7-9,11H2,1-6H3,(H,20,27)/t16-/m1/s1. The minimum atomic E-state index is -0.258. The SMILES string of the molecule is Cc1nc(C(=O)NCc2cnn(C)c2C)nc(N2CC[C@@H](N(C)C)C2)c1C. The second-order valence-corrected chi connectivity index (χ2v) is 7.49. The lowest BCUT2D eigenvalue weighted by atomic mass is 10.2. The lowest BCUT2D eigenvalue weighted by Crippen LogP contribution is -2.33. The van der Waals surface area contributed by atoms with E-state index in [4.69, 9.17) is 0 Å². The van der Waals surface area contributed by atoms with Crippen molar-refractivity contribution in [2.45, 2.75) is 39.8 Å². The third-order valence-electron chi connectivity index (χ3n) is 5.54. The van der Waals surface area contributed by atoms with Gasteiger partial charge in [0.2, 0.25) is 5.82 Å². The Balaban J connectivity index is 1.77. The van der Waals surface area contributed by atoms with E-state index in [1.165, 1.54) is 0 Å². The zero-order valence-corrected chi connectivity index (χ0v) is 17.1. The van der Waals surface area contributed by atoms with Crippen LogP contribution in [0.1, 0.15) is 39.6 Å². The Hall–Kier alpha value is -2.48. The summed E-state index contributed by atoms with van der Waals surface area (Å²) in [4.78, 5) is 26.2. The highest BCUT2D eigenvalue weighted by molar-refractivity contribution is 5.91. The zero-order valence-electron chi connectivity index (χ0n) is 17.1. The first-order valence-electron chi connectivity index (χ1n) is 9.30. The van der Waals surface area contributed by atoms with Crippen LogP contribution in [0.5, 0.6) is 0 Å². The maximum absolute atomic E-state index is 12.6. The van der Waals surface area contributed by atoms with Crippen molar-refractivity contribution in [3.63, 3.8) is 0 Å². The number of anilines is 1. The molecule has 146 valence electrons. The van der Waals surface area contributed by atoms with Gasteiger partial charge in [-0.05, 0) is 41.3 Å². The largest absolute Gasteiger partial charge is 0.355 e. The normalized spacial score (nSPS) is 17.0. The van der Waals surface area contributed by atoms with Gasteiger partial charge in [0.1, 0.15) is 5.82 Å². The number of carbonyl (C=O) groups excluding carboxylic acids is 1. The molecule has 3 heterocycles. The molecule has 1 amide bonds. The predicted molar refractivity (Wildman–Crippen MR) is 105 cm³/mol. The molecule has 0 spiro atoms. The summed E-state index contributed by atoms with van der Waals surface area (Å²) in [5.41, 5.74) is 3.90. The number of aromatic nitrogens is 4. The fraction of sp³-hybridized carbons (Fsp3) is 0.579. The van der Waals surface area contributed by atoms with Gasteiger partial charge in [-0.3, -0.25) is 9.48 Å². The van der Waals surface area contributed by atoms with Crippen molar-refractivity contribution in [1.29, 1.82) is 0 Å². The molecule has 1 fully saturated rings. The van der Waals surface area contributed by atoms with Gasteiger partial charge in [-0.2, -0.15) is 5.10 Å². The van der Waals surface area contributed by atoms with Crippen LogP contribution in [0.15, 0.2) is 6.20 Å². The van der Waals surface area contributed by atoms with E-state index in [0.29, 0.717) is 12.6 Å². The van der Waals surface area contributed by atoms with E-state index >= 15 is 0 Å². The van der Waals surface area contributed by atoms with Gasteiger partial charge in [-0.25, -0.2) is 9.97 Å². The van der Waals surface area contributed by atoms with Gasteiger partial charge in [-0.1, -0.05) is 0 Å². The van der Waals surface area contributed by atoms with Crippen LogP contribution in [0, 0.1) is 20.8 Å². The molecular weight excluding hydrogens is 342 g/mol. The minimum absolute atomic E-state index is 0.225. The number of amides is 1. The molecule has 1 aliphatic rings. The Morgan fingerprint density at radius 3 is 2.63 bits per heavy atom. The Morgan fingerprint density at radius 2 is 2.04 bits per heavy atom. The molecule has 1 saturated heterocycles. The van der Waals surface area contributed by atoms with E-state index in [2.05, 4.69) is 44.3 Å². The Labute approximate surface area is 160 Å². The first-order valence-corrected chi connectivity index (χ1v) is 9.30. The van der Waals surface area contributed by atoms with Gasteiger partial charge >= 0.3 is 0 Å². The molecule has 3 rings (SSSR count). The summed E-state index contributed by atoms with van der Waals surface area (Å²) in [5, 5.41) is 7.12. The number of rotatable bonds is 5. The Bertz CT molecular complexity index is 843. The molecule has 1 N–H and O–H groups in total. The highest BCUT2D eigenvalue weighted by Crippen LogP contribution is 2.25. The average molecular weight is 371 g/mol. The van der Waals surface area contributed by atoms with Crippen LogP contribution in [0.3, 0.4) is 0 Å². The van der Waals surface area contributed by atoms with Gasteiger partial charge in [0.05, 0.1) is 6.20 Å². The number of likely N-dealkylation sites (N-methyl/N-ethyl adjacent to an activating group) is 1. The average Bonchev–Trinajstić information content (AvgIpc) is 3.24. The minimum Gasteiger partial charge on any atom is -0.355 e. The van der Waals surface area contributed by atoms with Gasteiger partial charge in [-0.15, -0.1) is 0 Å². The molecule has 0 bridgehead atoms. The summed E-state index contributed by atoms with van der Waals surface area (Å²) in [6, 6.07) is 0.505. The molecule has 8 heteroatoms. The molecule has 0 saturated carbocycles. The van der Waals surface area contributed by atoms with Crippen LogP contribution in [-0.4, -0.2) is 63.8 Å². The number of hydrogen-bond donors (Lipinski definition) is 1. The van der Waals surface area contributed by atoms with Crippen LogP contribution in [0.25, 0.3) is 0 Å². The van der Waals surface area contributed by atoms with Crippen LogP contribution in [-0.2, 0) is 13.6 Å². The summed E-state index contributed by atoms with van der Waals surface area (Å²) >= 11 is 0. The maximum atomic E-state index is 12.6. The molecule has 2 aromatic rings. The van der Waals surface area contributed by atoms with E-state index in [1.807, 2.05) is 27.8 Å². The number of hydrogen-bond acceptors (Lipinski definition) is 6. The number of nitrogens with zero attached hydrogens (tertiary/aromatic N) is 6. The third-order valence-corrected chi connectivity index (χ3v) is 5.54. The fourth-order valence-electron chi connectivity index (χ4n) is 3.35. The Kier molecular flexibility index (Phi) is 5.46. The quantitative estimate of drug-likeness (QED) is 0.851. The van der Waals surface area contributed by atoms with Crippen molar-refractivity contribution >= 4 is 11.7 Å². The topological polar surface area (TPSA) is 79.2 Å². The van der Waals surface area contributed by atoms with Gasteiger partial charge in [0.15, 0.2) is 0 Å². The first-order chi connectivity index (χ1) is 12.8. The van der Waals surface area contributed by atoms with Crippen LogP contribution >= 0.6 is 0 Å².